The summed E-state index contributed by atoms with van der Waals surface area (Å²) in [6, 6.07) is 0. The number of unbranched alkanes of at least 4 members (excludes halogenated alkanes) is 3. The Labute approximate surface area is 105 Å². The van der Waals surface area contributed by atoms with E-state index in [2.05, 4.69) is 19.2 Å². The van der Waals surface area contributed by atoms with Gasteiger partial charge in [-0.05, 0) is 46.1 Å². The predicted molar refractivity (Wildman–Crippen MR) is 70.2 cm³/mol. The first-order valence-corrected chi connectivity index (χ1v) is 7.12. The lowest BCUT2D eigenvalue weighted by molar-refractivity contribution is -0.0141. The molecule has 1 aliphatic rings. The Morgan fingerprint density at radius 3 is 2.62 bits per heavy atom. The fourth-order valence-electron chi connectivity index (χ4n) is 2.18. The average molecular weight is 248 g/mol. The van der Waals surface area contributed by atoms with Crippen LogP contribution in [0.3, 0.4) is 0 Å². The molecule has 0 aliphatic carbocycles. The van der Waals surface area contributed by atoms with Gasteiger partial charge in [-0.25, -0.2) is 0 Å². The number of alkyl halides is 1. The van der Waals surface area contributed by atoms with Gasteiger partial charge in [-0.15, -0.1) is 11.6 Å². The van der Waals surface area contributed by atoms with Crippen molar-refractivity contribution in [1.29, 1.82) is 0 Å². The minimum Gasteiger partial charge on any atom is -0.371 e. The van der Waals surface area contributed by atoms with Gasteiger partial charge >= 0.3 is 0 Å². The van der Waals surface area contributed by atoms with Crippen molar-refractivity contribution in [2.75, 3.05) is 19.0 Å². The van der Waals surface area contributed by atoms with Crippen LogP contribution in [0, 0.1) is 0 Å². The van der Waals surface area contributed by atoms with Crippen LogP contribution in [0.4, 0.5) is 0 Å². The quantitative estimate of drug-likeness (QED) is 0.525. The van der Waals surface area contributed by atoms with E-state index in [1.807, 2.05) is 0 Å². The average Bonchev–Trinajstić information content (AvgIpc) is 2.57. The van der Waals surface area contributed by atoms with E-state index < -0.39 is 0 Å². The molecule has 1 saturated heterocycles. The normalized spacial score (nSPS) is 23.8. The van der Waals surface area contributed by atoms with Crippen LogP contribution in [0.15, 0.2) is 0 Å². The molecular formula is C13H26ClNO. The summed E-state index contributed by atoms with van der Waals surface area (Å²) in [6.07, 6.45) is 7.78. The maximum atomic E-state index is 5.91. The lowest BCUT2D eigenvalue weighted by Gasteiger charge is -2.19. The highest BCUT2D eigenvalue weighted by Gasteiger charge is 2.30. The van der Waals surface area contributed by atoms with Crippen LogP contribution in [0.5, 0.6) is 0 Å². The summed E-state index contributed by atoms with van der Waals surface area (Å²) in [5.74, 6) is 0.804. The molecule has 0 spiro atoms. The SMILES string of the molecule is CC1(C)CCC(CNCCCCCCCl)O1. The first kappa shape index (κ1) is 14.3. The summed E-state index contributed by atoms with van der Waals surface area (Å²) >= 11 is 5.62. The van der Waals surface area contributed by atoms with Crippen LogP contribution >= 0.6 is 11.6 Å². The van der Waals surface area contributed by atoms with Gasteiger partial charge in [0.25, 0.3) is 0 Å². The number of rotatable bonds is 8. The van der Waals surface area contributed by atoms with Crippen LogP contribution in [-0.4, -0.2) is 30.7 Å². The third kappa shape index (κ3) is 6.07. The summed E-state index contributed by atoms with van der Waals surface area (Å²) in [5.41, 5.74) is 0.104. The van der Waals surface area contributed by atoms with E-state index in [1.54, 1.807) is 0 Å². The third-order valence-electron chi connectivity index (χ3n) is 3.16. The molecule has 1 fully saturated rings. The van der Waals surface area contributed by atoms with Crippen LogP contribution in [-0.2, 0) is 4.74 Å². The molecule has 1 atom stereocenters. The maximum absolute atomic E-state index is 5.91. The Bertz CT molecular complexity index is 185. The van der Waals surface area contributed by atoms with E-state index in [1.165, 1.54) is 32.1 Å². The Morgan fingerprint density at radius 1 is 1.25 bits per heavy atom. The second-order valence-corrected chi connectivity index (χ2v) is 5.72. The van der Waals surface area contributed by atoms with Gasteiger partial charge < -0.3 is 10.1 Å². The Hall–Kier alpha value is 0.210. The molecule has 1 unspecified atom stereocenters. The molecule has 1 rings (SSSR count). The van der Waals surface area contributed by atoms with Gasteiger partial charge in [0.1, 0.15) is 0 Å². The second kappa shape index (κ2) is 7.52. The number of halogens is 1. The lowest BCUT2D eigenvalue weighted by Crippen LogP contribution is -2.29. The highest BCUT2D eigenvalue weighted by Crippen LogP contribution is 2.28. The van der Waals surface area contributed by atoms with Crippen molar-refractivity contribution in [3.8, 4) is 0 Å². The largest absolute Gasteiger partial charge is 0.371 e. The van der Waals surface area contributed by atoms with E-state index in [-0.39, 0.29) is 5.60 Å². The molecule has 96 valence electrons. The first-order valence-electron chi connectivity index (χ1n) is 6.58. The second-order valence-electron chi connectivity index (χ2n) is 5.35. The molecular weight excluding hydrogens is 222 g/mol. The van der Waals surface area contributed by atoms with E-state index >= 15 is 0 Å². The predicted octanol–water partition coefficient (Wildman–Crippen LogP) is 3.33. The van der Waals surface area contributed by atoms with E-state index in [4.69, 9.17) is 16.3 Å². The van der Waals surface area contributed by atoms with Gasteiger partial charge in [-0.3, -0.25) is 0 Å². The minimum atomic E-state index is 0.104. The maximum Gasteiger partial charge on any atom is 0.0707 e. The molecule has 0 aromatic carbocycles. The van der Waals surface area contributed by atoms with Gasteiger partial charge in [0, 0.05) is 12.4 Å². The fourth-order valence-corrected chi connectivity index (χ4v) is 2.37. The molecule has 0 saturated carbocycles. The zero-order valence-corrected chi connectivity index (χ0v) is 11.5. The smallest absolute Gasteiger partial charge is 0.0707 e. The third-order valence-corrected chi connectivity index (χ3v) is 3.43. The number of nitrogens with one attached hydrogen (secondary N) is 1. The van der Waals surface area contributed by atoms with Crippen LogP contribution in [0.1, 0.15) is 52.4 Å². The van der Waals surface area contributed by atoms with Crippen molar-refractivity contribution in [2.24, 2.45) is 0 Å². The summed E-state index contributed by atoms with van der Waals surface area (Å²) in [4.78, 5) is 0. The van der Waals surface area contributed by atoms with Crippen molar-refractivity contribution in [3.63, 3.8) is 0 Å². The summed E-state index contributed by atoms with van der Waals surface area (Å²) in [7, 11) is 0. The van der Waals surface area contributed by atoms with Crippen molar-refractivity contribution in [2.45, 2.75) is 64.1 Å². The van der Waals surface area contributed by atoms with E-state index in [0.717, 1.165) is 25.4 Å². The molecule has 0 aromatic rings. The molecule has 1 aliphatic heterocycles. The summed E-state index contributed by atoms with van der Waals surface area (Å²) < 4.78 is 5.91. The van der Waals surface area contributed by atoms with Gasteiger partial charge in [0.2, 0.25) is 0 Å². The molecule has 1 heterocycles. The molecule has 2 nitrogen and oxygen atoms in total. The van der Waals surface area contributed by atoms with Gasteiger partial charge in [0.05, 0.1) is 11.7 Å². The molecule has 1 N–H and O–H groups in total. The van der Waals surface area contributed by atoms with Crippen LogP contribution < -0.4 is 5.32 Å². The lowest BCUT2D eigenvalue weighted by atomic mass is 10.1. The molecule has 0 radical (unpaired) electrons. The number of hydrogen-bond donors (Lipinski definition) is 1. The topological polar surface area (TPSA) is 21.3 Å². The monoisotopic (exact) mass is 247 g/mol. The number of ether oxygens (including phenoxy) is 1. The van der Waals surface area contributed by atoms with Gasteiger partial charge in [-0.2, -0.15) is 0 Å². The number of hydrogen-bond acceptors (Lipinski definition) is 2. The molecule has 16 heavy (non-hydrogen) atoms. The van der Waals surface area contributed by atoms with E-state index in [0.29, 0.717) is 6.10 Å². The summed E-state index contributed by atoms with van der Waals surface area (Å²) in [5, 5.41) is 3.48. The van der Waals surface area contributed by atoms with Gasteiger partial charge in [-0.1, -0.05) is 12.8 Å². The summed E-state index contributed by atoms with van der Waals surface area (Å²) in [6.45, 7) is 6.49. The van der Waals surface area contributed by atoms with Crippen molar-refractivity contribution in [3.05, 3.63) is 0 Å². The van der Waals surface area contributed by atoms with Crippen LogP contribution in [0.2, 0.25) is 0 Å². The zero-order valence-electron chi connectivity index (χ0n) is 10.7. The van der Waals surface area contributed by atoms with Crippen molar-refractivity contribution >= 4 is 11.6 Å². The Morgan fingerprint density at radius 2 is 2.00 bits per heavy atom. The van der Waals surface area contributed by atoms with Crippen LogP contribution in [0.25, 0.3) is 0 Å². The standard InChI is InChI=1S/C13H26ClNO/c1-13(2)8-7-12(16-13)11-15-10-6-4-3-5-9-14/h12,15H,3-11H2,1-2H3. The van der Waals surface area contributed by atoms with Crippen molar-refractivity contribution < 1.29 is 4.74 Å². The zero-order chi connectivity index (χ0) is 11.9. The molecule has 3 heteroatoms. The van der Waals surface area contributed by atoms with Gasteiger partial charge in [0.15, 0.2) is 0 Å². The van der Waals surface area contributed by atoms with E-state index in [9.17, 15) is 0 Å². The first-order chi connectivity index (χ1) is 7.64. The Balaban J connectivity index is 1.88. The highest BCUT2D eigenvalue weighted by atomic mass is 35.5. The molecule has 0 bridgehead atoms. The van der Waals surface area contributed by atoms with Crippen molar-refractivity contribution in [1.82, 2.24) is 5.32 Å². The fraction of sp³-hybridized carbons (Fsp3) is 1.00. The highest BCUT2D eigenvalue weighted by molar-refractivity contribution is 6.17. The molecule has 0 aromatic heterocycles. The minimum absolute atomic E-state index is 0.104. The Kier molecular flexibility index (Phi) is 6.71. The molecule has 0 amide bonds.